The van der Waals surface area contributed by atoms with Crippen LogP contribution in [0.2, 0.25) is 0 Å². The zero-order valence-electron chi connectivity index (χ0n) is 16.3. The first kappa shape index (κ1) is 19.3. The second kappa shape index (κ2) is 8.12. The number of carbonyl (C=O) groups is 1. The number of carbonyl (C=O) groups excluding carboxylic acids is 1. The molecule has 3 aromatic heterocycles. The van der Waals surface area contributed by atoms with Crippen LogP contribution in [0.3, 0.4) is 0 Å². The molecule has 1 unspecified atom stereocenters. The lowest BCUT2D eigenvalue weighted by Crippen LogP contribution is -2.41. The van der Waals surface area contributed by atoms with E-state index in [0.29, 0.717) is 41.5 Å². The zero-order valence-corrected chi connectivity index (χ0v) is 16.3. The first-order valence-corrected chi connectivity index (χ1v) is 9.58. The summed E-state index contributed by atoms with van der Waals surface area (Å²) in [5.41, 5.74) is 3.02. The van der Waals surface area contributed by atoms with Gasteiger partial charge in [-0.15, -0.1) is 0 Å². The van der Waals surface area contributed by atoms with Crippen LogP contribution in [0.5, 0.6) is 0 Å². The standard InChI is InChI=1S/C20H23FN6O2/c1-12(2)15(21)8-24-20(28)14-7-22-17(6-16(14)26-13-10-29-11-13)18-9-23-19-4-3-5-25-27(18)19/h3-7,9,12-13,15H,8,10-11H2,1-2H3,(H,22,26)(H,24,28). The van der Waals surface area contributed by atoms with Gasteiger partial charge >= 0.3 is 0 Å². The molecule has 0 aromatic carbocycles. The van der Waals surface area contributed by atoms with Gasteiger partial charge in [-0.25, -0.2) is 13.9 Å². The smallest absolute Gasteiger partial charge is 0.255 e. The van der Waals surface area contributed by atoms with Crippen molar-refractivity contribution >= 4 is 17.2 Å². The summed E-state index contributed by atoms with van der Waals surface area (Å²) in [6.07, 6.45) is 3.76. The molecule has 4 heterocycles. The van der Waals surface area contributed by atoms with Crippen molar-refractivity contribution in [3.8, 4) is 11.4 Å². The minimum atomic E-state index is -1.10. The molecule has 4 rings (SSSR count). The molecular weight excluding hydrogens is 375 g/mol. The van der Waals surface area contributed by atoms with Crippen molar-refractivity contribution in [3.05, 3.63) is 42.4 Å². The summed E-state index contributed by atoms with van der Waals surface area (Å²) in [7, 11) is 0. The molecule has 0 aliphatic carbocycles. The number of aromatic nitrogens is 4. The second-order valence-electron chi connectivity index (χ2n) is 7.40. The fraction of sp³-hybridized carbons (Fsp3) is 0.400. The van der Waals surface area contributed by atoms with Crippen LogP contribution in [0, 0.1) is 5.92 Å². The highest BCUT2D eigenvalue weighted by molar-refractivity contribution is 6.00. The molecule has 0 saturated carbocycles. The molecule has 1 atom stereocenters. The van der Waals surface area contributed by atoms with Gasteiger partial charge in [0, 0.05) is 18.9 Å². The van der Waals surface area contributed by atoms with Crippen LogP contribution in [-0.4, -0.2) is 57.5 Å². The Morgan fingerprint density at radius 3 is 2.90 bits per heavy atom. The number of alkyl halides is 1. The lowest BCUT2D eigenvalue weighted by molar-refractivity contribution is 0.0210. The van der Waals surface area contributed by atoms with Crippen molar-refractivity contribution in [2.45, 2.75) is 26.1 Å². The van der Waals surface area contributed by atoms with Gasteiger partial charge in [0.1, 0.15) is 11.9 Å². The van der Waals surface area contributed by atoms with Crippen molar-refractivity contribution in [2.24, 2.45) is 5.92 Å². The summed E-state index contributed by atoms with van der Waals surface area (Å²) in [5.74, 6) is -0.533. The van der Waals surface area contributed by atoms with Gasteiger partial charge in [0.05, 0.1) is 42.4 Å². The van der Waals surface area contributed by atoms with Crippen LogP contribution in [-0.2, 0) is 4.74 Å². The summed E-state index contributed by atoms with van der Waals surface area (Å²) >= 11 is 0. The molecule has 1 saturated heterocycles. The summed E-state index contributed by atoms with van der Waals surface area (Å²) < 4.78 is 20.8. The van der Waals surface area contributed by atoms with Gasteiger partial charge in [-0.1, -0.05) is 13.8 Å². The number of hydrogen-bond acceptors (Lipinski definition) is 6. The first-order valence-electron chi connectivity index (χ1n) is 9.58. The van der Waals surface area contributed by atoms with Crippen LogP contribution < -0.4 is 10.6 Å². The molecule has 152 valence electrons. The fourth-order valence-corrected chi connectivity index (χ4v) is 2.96. The summed E-state index contributed by atoms with van der Waals surface area (Å²) in [6.45, 7) is 4.65. The predicted molar refractivity (Wildman–Crippen MR) is 107 cm³/mol. The summed E-state index contributed by atoms with van der Waals surface area (Å²) in [5, 5.41) is 10.3. The van der Waals surface area contributed by atoms with Gasteiger partial charge in [0.2, 0.25) is 0 Å². The number of rotatable bonds is 7. The maximum absolute atomic E-state index is 13.9. The van der Waals surface area contributed by atoms with E-state index < -0.39 is 6.17 Å². The highest BCUT2D eigenvalue weighted by Gasteiger charge is 2.23. The van der Waals surface area contributed by atoms with Crippen molar-refractivity contribution in [3.63, 3.8) is 0 Å². The highest BCUT2D eigenvalue weighted by atomic mass is 19.1. The van der Waals surface area contributed by atoms with E-state index in [4.69, 9.17) is 4.74 Å². The average Bonchev–Trinajstić information content (AvgIpc) is 3.12. The van der Waals surface area contributed by atoms with E-state index in [-0.39, 0.29) is 24.4 Å². The van der Waals surface area contributed by atoms with E-state index >= 15 is 0 Å². The van der Waals surface area contributed by atoms with E-state index in [1.165, 1.54) is 6.20 Å². The van der Waals surface area contributed by atoms with Crippen LogP contribution >= 0.6 is 0 Å². The largest absolute Gasteiger partial charge is 0.377 e. The molecule has 29 heavy (non-hydrogen) atoms. The van der Waals surface area contributed by atoms with E-state index in [1.54, 1.807) is 36.8 Å². The monoisotopic (exact) mass is 398 g/mol. The van der Waals surface area contributed by atoms with Gasteiger partial charge in [0.25, 0.3) is 5.91 Å². The third kappa shape index (κ3) is 4.04. The molecule has 1 aliphatic rings. The number of halogens is 1. The van der Waals surface area contributed by atoms with Crippen LogP contribution in [0.4, 0.5) is 10.1 Å². The number of imidazole rings is 1. The fourth-order valence-electron chi connectivity index (χ4n) is 2.96. The molecule has 1 amide bonds. The predicted octanol–water partition coefficient (Wildman–Crippen LogP) is 2.33. The molecule has 0 radical (unpaired) electrons. The number of fused-ring (bicyclic) bond motifs is 1. The molecule has 0 spiro atoms. The molecule has 3 aromatic rings. The van der Waals surface area contributed by atoms with Crippen molar-refractivity contribution < 1.29 is 13.9 Å². The summed E-state index contributed by atoms with van der Waals surface area (Å²) in [6, 6.07) is 5.57. The van der Waals surface area contributed by atoms with E-state index in [2.05, 4.69) is 25.7 Å². The van der Waals surface area contributed by atoms with Crippen molar-refractivity contribution in [1.29, 1.82) is 0 Å². The molecule has 2 N–H and O–H groups in total. The Morgan fingerprint density at radius 2 is 2.17 bits per heavy atom. The Kier molecular flexibility index (Phi) is 5.39. The van der Waals surface area contributed by atoms with Crippen molar-refractivity contribution in [1.82, 2.24) is 24.9 Å². The number of anilines is 1. The number of hydrogen-bond donors (Lipinski definition) is 2. The Morgan fingerprint density at radius 1 is 1.34 bits per heavy atom. The Labute approximate surface area is 167 Å². The maximum atomic E-state index is 13.9. The SMILES string of the molecule is CC(C)C(F)CNC(=O)c1cnc(-c2cnc3cccnn23)cc1NC1COC1. The van der Waals surface area contributed by atoms with E-state index in [1.807, 2.05) is 12.1 Å². The summed E-state index contributed by atoms with van der Waals surface area (Å²) in [4.78, 5) is 21.4. The minimum absolute atomic E-state index is 0.0403. The van der Waals surface area contributed by atoms with Gasteiger partial charge in [-0.2, -0.15) is 5.10 Å². The quantitative estimate of drug-likeness (QED) is 0.635. The van der Waals surface area contributed by atoms with Gasteiger partial charge in [-0.3, -0.25) is 9.78 Å². The Bertz CT molecular complexity index is 1020. The second-order valence-corrected chi connectivity index (χ2v) is 7.40. The highest BCUT2D eigenvalue weighted by Crippen LogP contribution is 2.25. The minimum Gasteiger partial charge on any atom is -0.377 e. The molecule has 8 nitrogen and oxygen atoms in total. The van der Waals surface area contributed by atoms with Crippen molar-refractivity contribution in [2.75, 3.05) is 25.1 Å². The lowest BCUT2D eigenvalue weighted by Gasteiger charge is -2.28. The number of pyridine rings is 1. The Balaban J connectivity index is 1.64. The molecule has 0 bridgehead atoms. The Hall–Kier alpha value is -3.07. The first-order chi connectivity index (χ1) is 14.0. The topological polar surface area (TPSA) is 93.4 Å². The number of nitrogens with one attached hydrogen (secondary N) is 2. The molecule has 9 heteroatoms. The van der Waals surface area contributed by atoms with Gasteiger partial charge in [0.15, 0.2) is 5.65 Å². The average molecular weight is 398 g/mol. The van der Waals surface area contributed by atoms with E-state index in [9.17, 15) is 9.18 Å². The number of amides is 1. The van der Waals surface area contributed by atoms with E-state index in [0.717, 1.165) is 0 Å². The zero-order chi connectivity index (χ0) is 20.4. The third-order valence-corrected chi connectivity index (χ3v) is 4.87. The third-order valence-electron chi connectivity index (χ3n) is 4.87. The van der Waals surface area contributed by atoms with Crippen LogP contribution in [0.15, 0.2) is 36.8 Å². The van der Waals surface area contributed by atoms with Gasteiger partial charge in [-0.05, 0) is 24.1 Å². The number of nitrogens with zero attached hydrogens (tertiary/aromatic N) is 4. The lowest BCUT2D eigenvalue weighted by atomic mass is 10.1. The van der Waals surface area contributed by atoms with Gasteiger partial charge < -0.3 is 15.4 Å². The van der Waals surface area contributed by atoms with Crippen LogP contribution in [0.1, 0.15) is 24.2 Å². The normalized spacial score (nSPS) is 15.3. The number of ether oxygens (including phenoxy) is 1. The molecular formula is C20H23FN6O2. The maximum Gasteiger partial charge on any atom is 0.255 e. The molecule has 1 fully saturated rings. The van der Waals surface area contributed by atoms with Crippen LogP contribution in [0.25, 0.3) is 17.0 Å². The molecule has 1 aliphatic heterocycles.